The summed E-state index contributed by atoms with van der Waals surface area (Å²) < 4.78 is 0. The van der Waals surface area contributed by atoms with E-state index in [-0.39, 0.29) is 0 Å². The fourth-order valence-corrected chi connectivity index (χ4v) is 2.75. The van der Waals surface area contributed by atoms with Crippen LogP contribution in [0.2, 0.25) is 0 Å². The molecule has 0 bridgehead atoms. The molecule has 0 aliphatic rings. The predicted octanol–water partition coefficient (Wildman–Crippen LogP) is 1.83. The molecule has 19 heavy (non-hydrogen) atoms. The fourth-order valence-electron chi connectivity index (χ4n) is 1.88. The molecule has 1 aromatic rings. The van der Waals surface area contributed by atoms with E-state index in [1.54, 1.807) is 11.3 Å². The van der Waals surface area contributed by atoms with Crippen molar-refractivity contribution in [1.82, 2.24) is 9.80 Å². The van der Waals surface area contributed by atoms with Crippen LogP contribution in [0.1, 0.15) is 23.8 Å². The normalized spacial score (nSPS) is 10.8. The number of nitrogens with two attached hydrogens (primary N) is 1. The third kappa shape index (κ3) is 6.22. The summed E-state index contributed by atoms with van der Waals surface area (Å²) in [5.41, 5.74) is 6.57. The van der Waals surface area contributed by atoms with Gasteiger partial charge in [0.2, 0.25) is 0 Å². The molecule has 1 rings (SSSR count). The predicted molar refractivity (Wildman–Crippen MR) is 84.4 cm³/mol. The molecule has 3 nitrogen and oxygen atoms in total. The Morgan fingerprint density at radius 3 is 2.74 bits per heavy atom. The minimum atomic E-state index is 0.426. The van der Waals surface area contributed by atoms with Crippen LogP contribution in [0.3, 0.4) is 0 Å². The van der Waals surface area contributed by atoms with Gasteiger partial charge in [-0.3, -0.25) is 4.90 Å². The standard InChI is InChI=1S/C15H25N3S/c1-4-18(11-6-10-17(2)3)13-15-14(7-5-9-16)8-12-19-15/h8,12H,4,6,9-11,13,16H2,1-3H3. The maximum Gasteiger partial charge on any atom is 0.0555 e. The maximum atomic E-state index is 5.43. The number of hydrogen-bond donors (Lipinski definition) is 1. The molecule has 1 aromatic heterocycles. The van der Waals surface area contributed by atoms with E-state index in [0.29, 0.717) is 6.54 Å². The average molecular weight is 279 g/mol. The Morgan fingerprint density at radius 1 is 1.32 bits per heavy atom. The Morgan fingerprint density at radius 2 is 2.11 bits per heavy atom. The summed E-state index contributed by atoms with van der Waals surface area (Å²) in [6, 6.07) is 2.09. The van der Waals surface area contributed by atoms with Gasteiger partial charge in [0.25, 0.3) is 0 Å². The van der Waals surface area contributed by atoms with E-state index in [9.17, 15) is 0 Å². The van der Waals surface area contributed by atoms with Crippen molar-refractivity contribution < 1.29 is 0 Å². The lowest BCUT2D eigenvalue weighted by Gasteiger charge is -2.21. The third-order valence-corrected chi connectivity index (χ3v) is 3.87. The molecule has 0 amide bonds. The summed E-state index contributed by atoms with van der Waals surface area (Å²) in [5, 5.41) is 2.11. The first-order valence-corrected chi connectivity index (χ1v) is 7.67. The highest BCUT2D eigenvalue weighted by Gasteiger charge is 2.08. The summed E-state index contributed by atoms with van der Waals surface area (Å²) >= 11 is 1.79. The van der Waals surface area contributed by atoms with Crippen LogP contribution in [-0.4, -0.2) is 50.1 Å². The van der Waals surface area contributed by atoms with Crippen LogP contribution >= 0.6 is 11.3 Å². The van der Waals surface area contributed by atoms with Gasteiger partial charge < -0.3 is 10.6 Å². The van der Waals surface area contributed by atoms with Crippen LogP contribution in [0.25, 0.3) is 0 Å². The highest BCUT2D eigenvalue weighted by molar-refractivity contribution is 7.10. The Bertz CT molecular complexity index is 415. The number of hydrogen-bond acceptors (Lipinski definition) is 4. The first-order chi connectivity index (χ1) is 9.17. The highest BCUT2D eigenvalue weighted by atomic mass is 32.1. The molecule has 0 aromatic carbocycles. The van der Waals surface area contributed by atoms with Gasteiger partial charge in [0.1, 0.15) is 0 Å². The smallest absolute Gasteiger partial charge is 0.0555 e. The van der Waals surface area contributed by atoms with E-state index in [2.05, 4.69) is 54.1 Å². The molecule has 2 N–H and O–H groups in total. The Balaban J connectivity index is 2.53. The third-order valence-electron chi connectivity index (χ3n) is 2.96. The molecule has 0 aliphatic heterocycles. The van der Waals surface area contributed by atoms with Crippen molar-refractivity contribution in [3.8, 4) is 11.8 Å². The second-order valence-corrected chi connectivity index (χ2v) is 5.79. The van der Waals surface area contributed by atoms with E-state index in [1.165, 1.54) is 11.3 Å². The van der Waals surface area contributed by atoms with E-state index < -0.39 is 0 Å². The van der Waals surface area contributed by atoms with E-state index in [4.69, 9.17) is 5.73 Å². The summed E-state index contributed by atoms with van der Waals surface area (Å²) in [4.78, 5) is 6.06. The van der Waals surface area contributed by atoms with Gasteiger partial charge in [0, 0.05) is 17.0 Å². The molecule has 0 unspecified atom stereocenters. The minimum absolute atomic E-state index is 0.426. The molecule has 4 heteroatoms. The van der Waals surface area contributed by atoms with Crippen molar-refractivity contribution in [3.63, 3.8) is 0 Å². The maximum absolute atomic E-state index is 5.43. The van der Waals surface area contributed by atoms with Gasteiger partial charge in [-0.25, -0.2) is 0 Å². The summed E-state index contributed by atoms with van der Waals surface area (Å²) in [6.07, 6.45) is 1.20. The van der Waals surface area contributed by atoms with Crippen LogP contribution in [0.15, 0.2) is 11.4 Å². The quantitative estimate of drug-likeness (QED) is 0.773. The SMILES string of the molecule is CCN(CCCN(C)C)Cc1sccc1C#CCN. The van der Waals surface area contributed by atoms with Crippen LogP contribution in [0.5, 0.6) is 0 Å². The molecule has 0 saturated carbocycles. The van der Waals surface area contributed by atoms with Crippen molar-refractivity contribution in [2.45, 2.75) is 19.9 Å². The Hall–Kier alpha value is -0.860. The highest BCUT2D eigenvalue weighted by Crippen LogP contribution is 2.18. The van der Waals surface area contributed by atoms with Gasteiger partial charge in [-0.2, -0.15) is 0 Å². The lowest BCUT2D eigenvalue weighted by Crippen LogP contribution is -2.26. The molecule has 106 valence electrons. The monoisotopic (exact) mass is 279 g/mol. The molecule has 0 atom stereocenters. The van der Waals surface area contributed by atoms with Crippen molar-refractivity contribution in [1.29, 1.82) is 0 Å². The van der Waals surface area contributed by atoms with Crippen molar-refractivity contribution in [2.75, 3.05) is 40.3 Å². The molecule has 0 radical (unpaired) electrons. The molecule has 0 saturated heterocycles. The molecular formula is C15H25N3S. The Labute approximate surface area is 121 Å². The van der Waals surface area contributed by atoms with Crippen molar-refractivity contribution in [2.24, 2.45) is 5.73 Å². The Kier molecular flexibility index (Phi) is 7.76. The second kappa shape index (κ2) is 9.11. The zero-order chi connectivity index (χ0) is 14.1. The zero-order valence-corrected chi connectivity index (χ0v) is 13.1. The van der Waals surface area contributed by atoms with Crippen LogP contribution in [-0.2, 0) is 6.54 Å². The largest absolute Gasteiger partial charge is 0.320 e. The van der Waals surface area contributed by atoms with Crippen LogP contribution in [0.4, 0.5) is 0 Å². The fraction of sp³-hybridized carbons (Fsp3) is 0.600. The van der Waals surface area contributed by atoms with Crippen LogP contribution < -0.4 is 5.73 Å². The minimum Gasteiger partial charge on any atom is -0.320 e. The first kappa shape index (κ1) is 16.2. The van der Waals surface area contributed by atoms with E-state index >= 15 is 0 Å². The topological polar surface area (TPSA) is 32.5 Å². The second-order valence-electron chi connectivity index (χ2n) is 4.79. The van der Waals surface area contributed by atoms with E-state index in [1.807, 2.05) is 0 Å². The van der Waals surface area contributed by atoms with Gasteiger partial charge in [0.15, 0.2) is 0 Å². The zero-order valence-electron chi connectivity index (χ0n) is 12.3. The van der Waals surface area contributed by atoms with E-state index in [0.717, 1.165) is 31.7 Å². The summed E-state index contributed by atoms with van der Waals surface area (Å²) in [7, 11) is 4.24. The van der Waals surface area contributed by atoms with Gasteiger partial charge in [-0.1, -0.05) is 18.8 Å². The van der Waals surface area contributed by atoms with Crippen molar-refractivity contribution >= 4 is 11.3 Å². The summed E-state index contributed by atoms with van der Waals surface area (Å²) in [5.74, 6) is 6.10. The van der Waals surface area contributed by atoms with Gasteiger partial charge in [-0.15, -0.1) is 11.3 Å². The first-order valence-electron chi connectivity index (χ1n) is 6.79. The summed E-state index contributed by atoms with van der Waals surface area (Å²) in [6.45, 7) is 6.99. The van der Waals surface area contributed by atoms with Gasteiger partial charge >= 0.3 is 0 Å². The average Bonchev–Trinajstić information content (AvgIpc) is 2.82. The van der Waals surface area contributed by atoms with Crippen LogP contribution in [0, 0.1) is 11.8 Å². The van der Waals surface area contributed by atoms with Crippen molar-refractivity contribution in [3.05, 3.63) is 21.9 Å². The lowest BCUT2D eigenvalue weighted by atomic mass is 10.2. The molecular weight excluding hydrogens is 254 g/mol. The molecule has 0 aliphatic carbocycles. The van der Waals surface area contributed by atoms with Gasteiger partial charge in [0.05, 0.1) is 6.54 Å². The lowest BCUT2D eigenvalue weighted by molar-refractivity contribution is 0.261. The van der Waals surface area contributed by atoms with Gasteiger partial charge in [-0.05, 0) is 51.6 Å². The number of nitrogens with zero attached hydrogens (tertiary/aromatic N) is 2. The number of rotatable bonds is 7. The number of thiophene rings is 1. The molecule has 0 fully saturated rings. The molecule has 1 heterocycles. The molecule has 0 spiro atoms.